The van der Waals surface area contributed by atoms with Crippen molar-refractivity contribution in [1.29, 1.82) is 0 Å². The monoisotopic (exact) mass is 343 g/mol. The summed E-state index contributed by atoms with van der Waals surface area (Å²) in [5.74, 6) is -0.875. The van der Waals surface area contributed by atoms with E-state index in [-0.39, 0.29) is 0 Å². The lowest BCUT2D eigenvalue weighted by atomic mass is 10.1. The second-order valence-corrected chi connectivity index (χ2v) is 6.53. The highest BCUT2D eigenvalue weighted by molar-refractivity contribution is 8.00. The van der Waals surface area contributed by atoms with Crippen molar-refractivity contribution in [2.75, 3.05) is 0 Å². The number of benzene rings is 2. The van der Waals surface area contributed by atoms with E-state index in [0.717, 1.165) is 10.6 Å². The Bertz CT molecular complexity index is 800. The zero-order valence-electron chi connectivity index (χ0n) is 12.1. The summed E-state index contributed by atoms with van der Waals surface area (Å²) in [5.41, 5.74) is 1.68. The number of hydrogen-bond donors (Lipinski definition) is 1. The summed E-state index contributed by atoms with van der Waals surface area (Å²) in [6.07, 6.45) is 3.88. The lowest BCUT2D eigenvalue weighted by Crippen LogP contribution is -2.08. The van der Waals surface area contributed by atoms with Crippen molar-refractivity contribution in [3.8, 4) is 5.69 Å². The Morgan fingerprint density at radius 3 is 2.30 bits per heavy atom. The quantitative estimate of drug-likeness (QED) is 0.659. The molecule has 0 saturated heterocycles. The Kier molecular flexibility index (Phi) is 4.74. The van der Waals surface area contributed by atoms with Crippen LogP contribution in [0.15, 0.2) is 78.0 Å². The molecule has 2 aromatic carbocycles. The van der Waals surface area contributed by atoms with Crippen LogP contribution in [0.2, 0.25) is 5.02 Å². The van der Waals surface area contributed by atoms with Gasteiger partial charge in [0.1, 0.15) is 5.25 Å². The van der Waals surface area contributed by atoms with Gasteiger partial charge in [-0.15, -0.1) is 11.8 Å². The second-order valence-electron chi connectivity index (χ2n) is 4.95. The van der Waals surface area contributed by atoms with Gasteiger partial charge in [-0.25, -0.2) is 0 Å². The van der Waals surface area contributed by atoms with E-state index in [4.69, 9.17) is 11.6 Å². The van der Waals surface area contributed by atoms with Crippen molar-refractivity contribution in [1.82, 2.24) is 4.57 Å². The van der Waals surface area contributed by atoms with Crippen molar-refractivity contribution in [3.05, 3.63) is 83.6 Å². The van der Waals surface area contributed by atoms with Gasteiger partial charge >= 0.3 is 5.97 Å². The fourth-order valence-electron chi connectivity index (χ4n) is 2.29. The zero-order chi connectivity index (χ0) is 16.2. The SMILES string of the molecule is O=C(O)C(Sc1ccccc1-n1cccc1)c1ccc(Cl)cc1. The van der Waals surface area contributed by atoms with Crippen LogP contribution in [0.1, 0.15) is 10.8 Å². The summed E-state index contributed by atoms with van der Waals surface area (Å²) in [6, 6.07) is 18.6. The van der Waals surface area contributed by atoms with Crippen LogP contribution in [0.5, 0.6) is 0 Å². The lowest BCUT2D eigenvalue weighted by Gasteiger charge is -2.16. The van der Waals surface area contributed by atoms with Gasteiger partial charge in [-0.05, 0) is 42.0 Å². The van der Waals surface area contributed by atoms with Gasteiger partial charge in [0.25, 0.3) is 0 Å². The predicted octanol–water partition coefficient (Wildman–Crippen LogP) is 5.05. The van der Waals surface area contributed by atoms with Crippen molar-refractivity contribution in [2.24, 2.45) is 0 Å². The van der Waals surface area contributed by atoms with E-state index in [1.54, 1.807) is 24.3 Å². The fourth-order valence-corrected chi connectivity index (χ4v) is 3.52. The summed E-state index contributed by atoms with van der Waals surface area (Å²) in [5, 5.41) is 9.52. The molecule has 1 N–H and O–H groups in total. The number of rotatable bonds is 5. The first-order chi connectivity index (χ1) is 11.1. The second kappa shape index (κ2) is 6.94. The van der Waals surface area contributed by atoms with Gasteiger partial charge in [-0.2, -0.15) is 0 Å². The molecule has 3 aromatic rings. The maximum absolute atomic E-state index is 11.7. The topological polar surface area (TPSA) is 42.2 Å². The first kappa shape index (κ1) is 15.7. The maximum Gasteiger partial charge on any atom is 0.321 e. The Labute approximate surface area is 143 Å². The van der Waals surface area contributed by atoms with E-state index in [9.17, 15) is 9.90 Å². The molecule has 0 aliphatic heterocycles. The summed E-state index contributed by atoms with van der Waals surface area (Å²) < 4.78 is 1.98. The Hall–Kier alpha value is -2.17. The number of carboxylic acids is 1. The normalized spacial score (nSPS) is 12.0. The van der Waals surface area contributed by atoms with Crippen molar-refractivity contribution < 1.29 is 9.90 Å². The first-order valence-corrected chi connectivity index (χ1v) is 8.28. The van der Waals surface area contributed by atoms with E-state index in [1.807, 2.05) is 53.4 Å². The number of para-hydroxylation sites is 1. The van der Waals surface area contributed by atoms with E-state index in [2.05, 4.69) is 0 Å². The summed E-state index contributed by atoms with van der Waals surface area (Å²) >= 11 is 7.21. The number of carbonyl (C=O) groups is 1. The lowest BCUT2D eigenvalue weighted by molar-refractivity contribution is -0.136. The van der Waals surface area contributed by atoms with Gasteiger partial charge in [0.15, 0.2) is 0 Å². The molecule has 1 aromatic heterocycles. The molecular weight excluding hydrogens is 330 g/mol. The minimum Gasteiger partial charge on any atom is -0.480 e. The van der Waals surface area contributed by atoms with Crippen molar-refractivity contribution in [2.45, 2.75) is 10.1 Å². The third-order valence-corrected chi connectivity index (χ3v) is 4.95. The third-order valence-electron chi connectivity index (χ3n) is 3.39. The average Bonchev–Trinajstić information content (AvgIpc) is 3.08. The molecule has 0 bridgehead atoms. The molecule has 0 aliphatic carbocycles. The number of aromatic nitrogens is 1. The highest BCUT2D eigenvalue weighted by atomic mass is 35.5. The molecule has 1 atom stereocenters. The van der Waals surface area contributed by atoms with E-state index >= 15 is 0 Å². The van der Waals surface area contributed by atoms with Crippen LogP contribution in [0.3, 0.4) is 0 Å². The molecule has 1 heterocycles. The van der Waals surface area contributed by atoms with E-state index < -0.39 is 11.2 Å². The number of thioether (sulfide) groups is 1. The van der Waals surface area contributed by atoms with Gasteiger partial charge in [0, 0.05) is 22.3 Å². The van der Waals surface area contributed by atoms with Gasteiger partial charge < -0.3 is 9.67 Å². The Morgan fingerprint density at radius 2 is 1.65 bits per heavy atom. The molecule has 1 unspecified atom stereocenters. The molecule has 5 heteroatoms. The Balaban J connectivity index is 1.96. The van der Waals surface area contributed by atoms with Gasteiger partial charge in [0.2, 0.25) is 0 Å². The number of aliphatic carboxylic acids is 1. The van der Waals surface area contributed by atoms with Crippen LogP contribution in [-0.2, 0) is 4.79 Å². The largest absolute Gasteiger partial charge is 0.480 e. The van der Waals surface area contributed by atoms with Crippen LogP contribution in [0.4, 0.5) is 0 Å². The molecule has 116 valence electrons. The van der Waals surface area contributed by atoms with Crippen LogP contribution in [0, 0.1) is 0 Å². The number of hydrogen-bond acceptors (Lipinski definition) is 2. The molecule has 23 heavy (non-hydrogen) atoms. The number of halogens is 1. The number of carboxylic acid groups (broad SMARTS) is 1. The predicted molar refractivity (Wildman–Crippen MR) is 93.5 cm³/mol. The molecule has 3 rings (SSSR count). The molecule has 0 amide bonds. The maximum atomic E-state index is 11.7. The van der Waals surface area contributed by atoms with Crippen molar-refractivity contribution >= 4 is 29.3 Å². The van der Waals surface area contributed by atoms with Gasteiger partial charge in [0.05, 0.1) is 5.69 Å². The first-order valence-electron chi connectivity index (χ1n) is 7.02. The fraction of sp³-hybridized carbons (Fsp3) is 0.0556. The third kappa shape index (κ3) is 3.60. The molecule has 0 aliphatic rings. The standard InChI is InChI=1S/C18H14ClNO2S/c19-14-9-7-13(8-10-14)17(18(21)22)23-16-6-2-1-5-15(16)20-11-3-4-12-20/h1-12,17H,(H,21,22). The summed E-state index contributed by atoms with van der Waals surface area (Å²) in [6.45, 7) is 0. The highest BCUT2D eigenvalue weighted by Crippen LogP contribution is 2.38. The van der Waals surface area contributed by atoms with E-state index in [0.29, 0.717) is 10.6 Å². The van der Waals surface area contributed by atoms with E-state index in [1.165, 1.54) is 11.8 Å². The van der Waals surface area contributed by atoms with Crippen LogP contribution >= 0.6 is 23.4 Å². The zero-order valence-corrected chi connectivity index (χ0v) is 13.7. The van der Waals surface area contributed by atoms with Crippen LogP contribution < -0.4 is 0 Å². The molecular formula is C18H14ClNO2S. The van der Waals surface area contributed by atoms with Crippen molar-refractivity contribution in [3.63, 3.8) is 0 Å². The molecule has 0 saturated carbocycles. The Morgan fingerprint density at radius 1 is 1.00 bits per heavy atom. The minimum absolute atomic E-state index is 0.593. The summed E-state index contributed by atoms with van der Waals surface area (Å²) in [7, 11) is 0. The average molecular weight is 344 g/mol. The van der Waals surface area contributed by atoms with Crippen LogP contribution in [0.25, 0.3) is 5.69 Å². The minimum atomic E-state index is -0.875. The summed E-state index contributed by atoms with van der Waals surface area (Å²) in [4.78, 5) is 12.6. The van der Waals surface area contributed by atoms with Crippen LogP contribution in [-0.4, -0.2) is 15.6 Å². The highest BCUT2D eigenvalue weighted by Gasteiger charge is 2.22. The smallest absolute Gasteiger partial charge is 0.321 e. The molecule has 3 nitrogen and oxygen atoms in total. The van der Waals surface area contributed by atoms with Gasteiger partial charge in [-0.1, -0.05) is 35.9 Å². The molecule has 0 radical (unpaired) electrons. The number of nitrogens with zero attached hydrogens (tertiary/aromatic N) is 1. The molecule has 0 fully saturated rings. The van der Waals surface area contributed by atoms with Gasteiger partial charge in [-0.3, -0.25) is 4.79 Å². The molecule has 0 spiro atoms.